The van der Waals surface area contributed by atoms with Crippen molar-refractivity contribution in [2.75, 3.05) is 25.1 Å². The van der Waals surface area contributed by atoms with Crippen LogP contribution in [0.15, 0.2) is 42.5 Å². The van der Waals surface area contributed by atoms with Gasteiger partial charge in [-0.25, -0.2) is 4.98 Å². The van der Waals surface area contributed by atoms with Gasteiger partial charge in [-0.1, -0.05) is 6.07 Å². The maximum Gasteiger partial charge on any atom is 0.226 e. The van der Waals surface area contributed by atoms with E-state index in [0.717, 1.165) is 28.3 Å². The van der Waals surface area contributed by atoms with Crippen molar-refractivity contribution in [2.24, 2.45) is 0 Å². The van der Waals surface area contributed by atoms with Crippen LogP contribution in [-0.2, 0) is 9.53 Å². The number of ether oxygens (including phenoxy) is 1. The number of hydrogen-bond acceptors (Lipinski definition) is 5. The predicted molar refractivity (Wildman–Crippen MR) is 113 cm³/mol. The molecule has 27 heavy (non-hydrogen) atoms. The number of aryl methyl sites for hydroxylation is 1. The lowest BCUT2D eigenvalue weighted by molar-refractivity contribution is -0.117. The first-order valence-electron chi connectivity index (χ1n) is 8.76. The van der Waals surface area contributed by atoms with Crippen molar-refractivity contribution in [1.82, 2.24) is 10.3 Å². The second kappa shape index (κ2) is 8.80. The summed E-state index contributed by atoms with van der Waals surface area (Å²) < 4.78 is 6.58. The Kier molecular flexibility index (Phi) is 6.44. The number of halogens is 1. The number of carbonyl (C=O) groups excluding carboxylic acids is 1. The summed E-state index contributed by atoms with van der Waals surface area (Å²) in [6.07, 6.45) is 0.416. The molecule has 4 rings (SSSR count). The summed E-state index contributed by atoms with van der Waals surface area (Å²) in [7, 11) is 0. The Hall–Kier alpha value is -1.99. The highest BCUT2D eigenvalue weighted by Gasteiger charge is 2.17. The first-order chi connectivity index (χ1) is 12.7. The van der Waals surface area contributed by atoms with Gasteiger partial charge in [0.15, 0.2) is 0 Å². The van der Waals surface area contributed by atoms with E-state index in [1.165, 1.54) is 10.3 Å². The van der Waals surface area contributed by atoms with Crippen LogP contribution < -0.4 is 10.6 Å². The Morgan fingerprint density at radius 1 is 1.30 bits per heavy atom. The number of nitrogens with one attached hydrogen (secondary N) is 2. The normalized spacial score (nSPS) is 16.7. The Morgan fingerprint density at radius 3 is 2.85 bits per heavy atom. The summed E-state index contributed by atoms with van der Waals surface area (Å²) in [6.45, 7) is 4.19. The van der Waals surface area contributed by atoms with Gasteiger partial charge in [0, 0.05) is 30.3 Å². The van der Waals surface area contributed by atoms with E-state index in [4.69, 9.17) is 9.72 Å². The van der Waals surface area contributed by atoms with Crippen LogP contribution in [0.25, 0.3) is 20.8 Å². The first kappa shape index (κ1) is 19.8. The number of benzene rings is 2. The molecule has 0 bridgehead atoms. The van der Waals surface area contributed by atoms with Crippen LogP contribution in [0.2, 0.25) is 0 Å². The van der Waals surface area contributed by atoms with Gasteiger partial charge in [-0.2, -0.15) is 0 Å². The lowest BCUT2D eigenvalue weighted by Crippen LogP contribution is -2.43. The van der Waals surface area contributed by atoms with Crippen molar-refractivity contribution < 1.29 is 9.53 Å². The molecular formula is C20H22ClN3O2S. The molecule has 1 fully saturated rings. The van der Waals surface area contributed by atoms with Gasteiger partial charge in [0.05, 0.1) is 23.4 Å². The van der Waals surface area contributed by atoms with Crippen LogP contribution in [0, 0.1) is 6.92 Å². The number of morpholine rings is 1. The molecule has 1 saturated heterocycles. The Bertz CT molecular complexity index is 921. The van der Waals surface area contributed by atoms with E-state index < -0.39 is 0 Å². The topological polar surface area (TPSA) is 63.2 Å². The molecule has 0 spiro atoms. The summed E-state index contributed by atoms with van der Waals surface area (Å²) in [4.78, 5) is 16.9. The van der Waals surface area contributed by atoms with Crippen LogP contribution in [0.4, 0.5) is 5.69 Å². The minimum absolute atomic E-state index is 0. The molecule has 1 aliphatic rings. The molecule has 1 aliphatic heterocycles. The van der Waals surface area contributed by atoms with Crippen LogP contribution >= 0.6 is 23.7 Å². The molecule has 7 heteroatoms. The number of hydrogen-bond donors (Lipinski definition) is 2. The van der Waals surface area contributed by atoms with E-state index in [2.05, 4.69) is 35.8 Å². The maximum absolute atomic E-state index is 12.2. The third-order valence-electron chi connectivity index (χ3n) is 4.39. The molecule has 142 valence electrons. The summed E-state index contributed by atoms with van der Waals surface area (Å²) in [5.74, 6) is -0.00351. The molecule has 5 nitrogen and oxygen atoms in total. The number of carbonyl (C=O) groups is 1. The van der Waals surface area contributed by atoms with Gasteiger partial charge in [-0.3, -0.25) is 4.79 Å². The average molecular weight is 404 g/mol. The maximum atomic E-state index is 12.2. The fourth-order valence-electron chi connectivity index (χ4n) is 3.04. The fourth-order valence-corrected chi connectivity index (χ4v) is 4.11. The predicted octanol–water partition coefficient (Wildman–Crippen LogP) is 4.01. The minimum atomic E-state index is -0.00351. The molecule has 1 atom stereocenters. The van der Waals surface area contributed by atoms with Crippen LogP contribution in [0.5, 0.6) is 0 Å². The highest BCUT2D eigenvalue weighted by atomic mass is 35.5. The number of amides is 1. The van der Waals surface area contributed by atoms with Crippen molar-refractivity contribution in [2.45, 2.75) is 19.4 Å². The zero-order valence-corrected chi connectivity index (χ0v) is 16.7. The van der Waals surface area contributed by atoms with Crippen LogP contribution in [-0.4, -0.2) is 36.7 Å². The van der Waals surface area contributed by atoms with Crippen molar-refractivity contribution in [3.05, 3.63) is 48.0 Å². The first-order valence-corrected chi connectivity index (χ1v) is 9.58. The van der Waals surface area contributed by atoms with Crippen LogP contribution in [0.1, 0.15) is 12.0 Å². The summed E-state index contributed by atoms with van der Waals surface area (Å²) in [5, 5.41) is 7.23. The monoisotopic (exact) mass is 403 g/mol. The second-order valence-corrected chi connectivity index (χ2v) is 7.58. The summed E-state index contributed by atoms with van der Waals surface area (Å²) >= 11 is 1.69. The number of rotatable bonds is 4. The van der Waals surface area contributed by atoms with Crippen molar-refractivity contribution in [3.8, 4) is 10.6 Å². The van der Waals surface area contributed by atoms with E-state index in [0.29, 0.717) is 19.6 Å². The average Bonchev–Trinajstić information content (AvgIpc) is 3.06. The van der Waals surface area contributed by atoms with Crippen molar-refractivity contribution >= 4 is 45.6 Å². The zero-order chi connectivity index (χ0) is 17.9. The number of fused-ring (bicyclic) bond motifs is 1. The lowest BCUT2D eigenvalue weighted by Gasteiger charge is -2.23. The largest absolute Gasteiger partial charge is 0.378 e. The SMILES string of the molecule is Cc1ccc2nc(-c3ccc(NC(=O)CC4COCCN4)cc3)sc2c1.Cl. The molecule has 0 aliphatic carbocycles. The van der Waals surface area contributed by atoms with Gasteiger partial charge in [-0.15, -0.1) is 23.7 Å². The number of aromatic nitrogens is 1. The van der Waals surface area contributed by atoms with E-state index >= 15 is 0 Å². The molecule has 3 aromatic rings. The number of nitrogens with zero attached hydrogens (tertiary/aromatic N) is 1. The summed E-state index contributed by atoms with van der Waals surface area (Å²) in [6, 6.07) is 14.2. The van der Waals surface area contributed by atoms with Crippen molar-refractivity contribution in [3.63, 3.8) is 0 Å². The third-order valence-corrected chi connectivity index (χ3v) is 5.46. The molecule has 2 heterocycles. The molecular weight excluding hydrogens is 382 g/mol. The van der Waals surface area contributed by atoms with Crippen molar-refractivity contribution in [1.29, 1.82) is 0 Å². The molecule has 0 saturated carbocycles. The standard InChI is InChI=1S/C20H21N3O2S.ClH/c1-13-2-7-17-18(10-13)26-20(23-17)14-3-5-15(6-4-14)22-19(24)11-16-12-25-9-8-21-16;/h2-7,10,16,21H,8-9,11-12H2,1H3,(H,22,24);1H. The van der Waals surface area contributed by atoms with Gasteiger partial charge in [0.25, 0.3) is 0 Å². The fraction of sp³-hybridized carbons (Fsp3) is 0.300. The second-order valence-electron chi connectivity index (χ2n) is 6.55. The van der Waals surface area contributed by atoms with Gasteiger partial charge in [-0.05, 0) is 48.9 Å². The molecule has 1 unspecified atom stereocenters. The van der Waals surface area contributed by atoms with Gasteiger partial charge in [0.1, 0.15) is 5.01 Å². The third kappa shape index (κ3) is 4.84. The Morgan fingerprint density at radius 2 is 2.11 bits per heavy atom. The molecule has 0 radical (unpaired) electrons. The van der Waals surface area contributed by atoms with Gasteiger partial charge in [0.2, 0.25) is 5.91 Å². The van der Waals surface area contributed by atoms with Gasteiger partial charge >= 0.3 is 0 Å². The van der Waals surface area contributed by atoms with E-state index in [-0.39, 0.29) is 24.4 Å². The lowest BCUT2D eigenvalue weighted by atomic mass is 10.1. The molecule has 1 amide bonds. The Labute approximate surface area is 168 Å². The van der Waals surface area contributed by atoms with E-state index in [1.807, 2.05) is 24.3 Å². The smallest absolute Gasteiger partial charge is 0.226 e. The molecule has 2 N–H and O–H groups in total. The van der Waals surface area contributed by atoms with Crippen LogP contribution in [0.3, 0.4) is 0 Å². The minimum Gasteiger partial charge on any atom is -0.378 e. The highest BCUT2D eigenvalue weighted by Crippen LogP contribution is 2.31. The van der Waals surface area contributed by atoms with E-state index in [1.54, 1.807) is 11.3 Å². The molecule has 2 aromatic carbocycles. The number of anilines is 1. The Balaban J connectivity index is 0.00000210. The zero-order valence-electron chi connectivity index (χ0n) is 15.0. The van der Waals surface area contributed by atoms with Gasteiger partial charge < -0.3 is 15.4 Å². The highest BCUT2D eigenvalue weighted by molar-refractivity contribution is 7.21. The quantitative estimate of drug-likeness (QED) is 0.690. The van der Waals surface area contributed by atoms with E-state index in [9.17, 15) is 4.79 Å². The number of thiazole rings is 1. The summed E-state index contributed by atoms with van der Waals surface area (Å²) in [5.41, 5.74) is 4.12. The molecule has 1 aromatic heterocycles.